The van der Waals surface area contributed by atoms with Crippen LogP contribution in [0.4, 0.5) is 5.69 Å². The average molecular weight is 233 g/mol. The van der Waals surface area contributed by atoms with Gasteiger partial charge in [-0.05, 0) is 24.5 Å². The molecule has 1 heterocycles. The molecule has 1 aliphatic heterocycles. The molecule has 0 bridgehead atoms. The van der Waals surface area contributed by atoms with Gasteiger partial charge in [0, 0.05) is 12.2 Å². The van der Waals surface area contributed by atoms with Crippen molar-refractivity contribution in [3.63, 3.8) is 0 Å². The van der Waals surface area contributed by atoms with Crippen molar-refractivity contribution >= 4 is 11.7 Å². The fourth-order valence-electron chi connectivity index (χ4n) is 2.04. The van der Waals surface area contributed by atoms with E-state index in [0.717, 1.165) is 24.9 Å². The quantitative estimate of drug-likeness (QED) is 0.641. The van der Waals surface area contributed by atoms with Crippen LogP contribution in [-0.2, 0) is 16.0 Å². The molecule has 1 aromatic carbocycles. The van der Waals surface area contributed by atoms with E-state index in [2.05, 4.69) is 18.3 Å². The number of esters is 1. The van der Waals surface area contributed by atoms with Crippen LogP contribution in [0.3, 0.4) is 0 Å². The third-order valence-electron chi connectivity index (χ3n) is 3.10. The maximum atomic E-state index is 11.8. The molecule has 1 atom stereocenters. The summed E-state index contributed by atoms with van der Waals surface area (Å²) in [6, 6.07) is 8.12. The molecule has 3 heteroatoms. The molecule has 92 valence electrons. The number of unbranched alkanes of at least 4 members (excludes halogenated alkanes) is 1. The third kappa shape index (κ3) is 2.99. The lowest BCUT2D eigenvalue weighted by Gasteiger charge is -2.24. The first kappa shape index (κ1) is 12.0. The Morgan fingerprint density at radius 2 is 2.29 bits per heavy atom. The zero-order valence-electron chi connectivity index (χ0n) is 10.2. The fraction of sp³-hybridized carbons (Fsp3) is 0.500. The number of hydrogen-bond acceptors (Lipinski definition) is 3. The van der Waals surface area contributed by atoms with Crippen LogP contribution >= 0.6 is 0 Å². The number of hydrogen-bond donors (Lipinski definition) is 1. The first-order valence-corrected chi connectivity index (χ1v) is 6.29. The first-order valence-electron chi connectivity index (χ1n) is 6.29. The minimum atomic E-state index is -0.0690. The molecular weight excluding hydrogens is 214 g/mol. The smallest absolute Gasteiger partial charge is 0.311 e. The summed E-state index contributed by atoms with van der Waals surface area (Å²) in [4.78, 5) is 11.8. The summed E-state index contributed by atoms with van der Waals surface area (Å²) in [6.07, 6.45) is 2.79. The van der Waals surface area contributed by atoms with Gasteiger partial charge in [-0.2, -0.15) is 0 Å². The predicted molar refractivity (Wildman–Crippen MR) is 68.0 cm³/mol. The number of para-hydroxylation sites is 1. The Kier molecular flexibility index (Phi) is 4.02. The van der Waals surface area contributed by atoms with Gasteiger partial charge in [0.15, 0.2) is 0 Å². The van der Waals surface area contributed by atoms with E-state index in [1.807, 2.05) is 18.2 Å². The van der Waals surface area contributed by atoms with E-state index in [1.54, 1.807) is 0 Å². The van der Waals surface area contributed by atoms with E-state index in [0.29, 0.717) is 13.2 Å². The maximum Gasteiger partial charge on any atom is 0.311 e. The Morgan fingerprint density at radius 1 is 1.47 bits per heavy atom. The summed E-state index contributed by atoms with van der Waals surface area (Å²) in [5, 5.41) is 3.28. The van der Waals surface area contributed by atoms with Gasteiger partial charge in [0.05, 0.1) is 12.5 Å². The van der Waals surface area contributed by atoms with E-state index in [9.17, 15) is 4.79 Å². The van der Waals surface area contributed by atoms with Gasteiger partial charge in [0.1, 0.15) is 0 Å². The molecule has 0 amide bonds. The second-order valence-electron chi connectivity index (χ2n) is 4.46. The zero-order valence-corrected chi connectivity index (χ0v) is 10.2. The Balaban J connectivity index is 1.91. The van der Waals surface area contributed by atoms with Gasteiger partial charge in [-0.15, -0.1) is 0 Å². The van der Waals surface area contributed by atoms with Crippen LogP contribution in [0.2, 0.25) is 0 Å². The molecule has 3 nitrogen and oxygen atoms in total. The third-order valence-corrected chi connectivity index (χ3v) is 3.10. The number of ether oxygens (including phenoxy) is 1. The van der Waals surface area contributed by atoms with Crippen LogP contribution in [-0.4, -0.2) is 19.1 Å². The van der Waals surface area contributed by atoms with Crippen LogP contribution in [0.25, 0.3) is 0 Å². The first-order chi connectivity index (χ1) is 8.31. The predicted octanol–water partition coefficient (Wildman–Crippen LogP) is 2.61. The van der Waals surface area contributed by atoms with E-state index in [-0.39, 0.29) is 11.9 Å². The largest absolute Gasteiger partial charge is 0.465 e. The zero-order chi connectivity index (χ0) is 12.1. The fourth-order valence-corrected chi connectivity index (χ4v) is 2.04. The van der Waals surface area contributed by atoms with Crippen molar-refractivity contribution in [3.8, 4) is 0 Å². The monoisotopic (exact) mass is 233 g/mol. The maximum absolute atomic E-state index is 11.8. The number of nitrogens with one attached hydrogen (secondary N) is 1. The Bertz CT molecular complexity index is 390. The summed E-state index contributed by atoms with van der Waals surface area (Å²) in [7, 11) is 0. The summed E-state index contributed by atoms with van der Waals surface area (Å²) < 4.78 is 5.26. The van der Waals surface area contributed by atoms with Gasteiger partial charge < -0.3 is 10.1 Å². The van der Waals surface area contributed by atoms with Gasteiger partial charge in [-0.1, -0.05) is 31.5 Å². The molecule has 0 spiro atoms. The molecule has 0 fully saturated rings. The van der Waals surface area contributed by atoms with Gasteiger partial charge in [-0.3, -0.25) is 4.79 Å². The van der Waals surface area contributed by atoms with Gasteiger partial charge in [0.2, 0.25) is 0 Å². The second-order valence-corrected chi connectivity index (χ2v) is 4.46. The molecular formula is C14H19NO2. The van der Waals surface area contributed by atoms with E-state index < -0.39 is 0 Å². The van der Waals surface area contributed by atoms with E-state index >= 15 is 0 Å². The lowest BCUT2D eigenvalue weighted by Crippen LogP contribution is -2.31. The van der Waals surface area contributed by atoms with Crippen molar-refractivity contribution in [3.05, 3.63) is 29.8 Å². The van der Waals surface area contributed by atoms with Crippen molar-refractivity contribution in [2.75, 3.05) is 18.5 Å². The molecule has 0 aromatic heterocycles. The Hall–Kier alpha value is -1.51. The van der Waals surface area contributed by atoms with Crippen LogP contribution < -0.4 is 5.32 Å². The number of benzene rings is 1. The molecule has 1 unspecified atom stereocenters. The van der Waals surface area contributed by atoms with Crippen molar-refractivity contribution in [2.45, 2.75) is 26.2 Å². The van der Waals surface area contributed by atoms with Crippen molar-refractivity contribution in [1.82, 2.24) is 0 Å². The lowest BCUT2D eigenvalue weighted by molar-refractivity contribution is -0.148. The standard InChI is InChI=1S/C14H19NO2/c1-2-3-8-17-14(16)12-9-11-6-4-5-7-13(11)15-10-12/h4-7,12,15H,2-3,8-10H2,1H3. The minimum absolute atomic E-state index is 0.0400. The summed E-state index contributed by atoms with van der Waals surface area (Å²) >= 11 is 0. The van der Waals surface area contributed by atoms with Crippen LogP contribution in [0, 0.1) is 5.92 Å². The molecule has 17 heavy (non-hydrogen) atoms. The van der Waals surface area contributed by atoms with Crippen molar-refractivity contribution in [1.29, 1.82) is 0 Å². The summed E-state index contributed by atoms with van der Waals surface area (Å²) in [6.45, 7) is 3.32. The molecule has 1 N–H and O–H groups in total. The summed E-state index contributed by atoms with van der Waals surface area (Å²) in [5.74, 6) is -0.109. The van der Waals surface area contributed by atoms with E-state index in [4.69, 9.17) is 4.74 Å². The van der Waals surface area contributed by atoms with Crippen LogP contribution in [0.5, 0.6) is 0 Å². The molecule has 2 rings (SSSR count). The average Bonchev–Trinajstić information content (AvgIpc) is 2.38. The highest BCUT2D eigenvalue weighted by Gasteiger charge is 2.25. The lowest BCUT2D eigenvalue weighted by atomic mass is 9.94. The van der Waals surface area contributed by atoms with Crippen molar-refractivity contribution in [2.24, 2.45) is 5.92 Å². The second kappa shape index (κ2) is 5.71. The number of fused-ring (bicyclic) bond motifs is 1. The molecule has 0 aliphatic carbocycles. The highest BCUT2D eigenvalue weighted by molar-refractivity contribution is 5.75. The number of rotatable bonds is 4. The molecule has 0 saturated carbocycles. The molecule has 1 aliphatic rings. The van der Waals surface area contributed by atoms with Crippen LogP contribution in [0.15, 0.2) is 24.3 Å². The van der Waals surface area contributed by atoms with Gasteiger partial charge >= 0.3 is 5.97 Å². The van der Waals surface area contributed by atoms with Gasteiger partial charge in [-0.25, -0.2) is 0 Å². The normalized spacial score (nSPS) is 18.1. The Morgan fingerprint density at radius 3 is 3.12 bits per heavy atom. The number of anilines is 1. The van der Waals surface area contributed by atoms with Gasteiger partial charge in [0.25, 0.3) is 0 Å². The molecule has 0 saturated heterocycles. The van der Waals surface area contributed by atoms with Crippen LogP contribution in [0.1, 0.15) is 25.3 Å². The highest BCUT2D eigenvalue weighted by atomic mass is 16.5. The number of carbonyl (C=O) groups excluding carboxylic acids is 1. The summed E-state index contributed by atoms with van der Waals surface area (Å²) in [5.41, 5.74) is 2.35. The Labute approximate surface area is 102 Å². The highest BCUT2D eigenvalue weighted by Crippen LogP contribution is 2.24. The van der Waals surface area contributed by atoms with E-state index in [1.165, 1.54) is 5.56 Å². The number of carbonyl (C=O) groups is 1. The van der Waals surface area contributed by atoms with Crippen molar-refractivity contribution < 1.29 is 9.53 Å². The SMILES string of the molecule is CCCCOC(=O)C1CNc2ccccc2C1. The molecule has 1 aromatic rings. The topological polar surface area (TPSA) is 38.3 Å². The molecule has 0 radical (unpaired) electrons. The minimum Gasteiger partial charge on any atom is -0.465 e.